The molecule has 3 heterocycles. The highest BCUT2D eigenvalue weighted by Crippen LogP contribution is 2.42. The zero-order chi connectivity index (χ0) is 18.3. The predicted octanol–water partition coefficient (Wildman–Crippen LogP) is 4.51. The number of ether oxygens (including phenoxy) is 1. The zero-order valence-electron chi connectivity index (χ0n) is 15.2. The number of methoxy groups -OCH3 is 1. The zero-order valence-corrected chi connectivity index (χ0v) is 16.8. The molecule has 0 atom stereocenters. The van der Waals surface area contributed by atoms with E-state index < -0.39 is 0 Å². The first kappa shape index (κ1) is 17.7. The summed E-state index contributed by atoms with van der Waals surface area (Å²) in [6.45, 7) is 4.43. The molecule has 0 saturated heterocycles. The first-order valence-electron chi connectivity index (χ1n) is 8.88. The van der Waals surface area contributed by atoms with Gasteiger partial charge in [-0.05, 0) is 42.7 Å². The van der Waals surface area contributed by atoms with E-state index >= 15 is 0 Å². The number of hydrogen-bond acceptors (Lipinski definition) is 7. The van der Waals surface area contributed by atoms with Crippen LogP contribution in [0.15, 0.2) is 11.4 Å². The molecule has 0 fully saturated rings. The van der Waals surface area contributed by atoms with Crippen molar-refractivity contribution in [2.45, 2.75) is 50.5 Å². The number of rotatable bonds is 4. The van der Waals surface area contributed by atoms with Gasteiger partial charge in [-0.3, -0.25) is 4.79 Å². The van der Waals surface area contributed by atoms with Crippen LogP contribution >= 0.6 is 23.1 Å². The molecule has 26 heavy (non-hydrogen) atoms. The van der Waals surface area contributed by atoms with E-state index in [-0.39, 0.29) is 11.7 Å². The van der Waals surface area contributed by atoms with E-state index in [1.165, 1.54) is 53.9 Å². The Kier molecular flexibility index (Phi) is 4.84. The van der Waals surface area contributed by atoms with Gasteiger partial charge in [-0.1, -0.05) is 25.6 Å². The molecule has 0 radical (unpaired) electrons. The van der Waals surface area contributed by atoms with Crippen molar-refractivity contribution >= 4 is 49.5 Å². The van der Waals surface area contributed by atoms with Gasteiger partial charge in [0.1, 0.15) is 16.2 Å². The summed E-state index contributed by atoms with van der Waals surface area (Å²) >= 11 is 3.05. The Morgan fingerprint density at radius 2 is 2.04 bits per heavy atom. The predicted molar refractivity (Wildman–Crippen MR) is 106 cm³/mol. The second-order valence-electron chi connectivity index (χ2n) is 6.82. The van der Waals surface area contributed by atoms with Crippen molar-refractivity contribution in [3.05, 3.63) is 23.1 Å². The molecule has 0 aromatic carbocycles. The lowest BCUT2D eigenvalue weighted by Crippen LogP contribution is -2.10. The van der Waals surface area contributed by atoms with Crippen LogP contribution in [-0.4, -0.2) is 33.8 Å². The van der Waals surface area contributed by atoms with Crippen LogP contribution in [0.25, 0.3) is 20.4 Å². The van der Waals surface area contributed by atoms with E-state index in [0.717, 1.165) is 32.9 Å². The van der Waals surface area contributed by atoms with Crippen LogP contribution in [0.4, 0.5) is 0 Å². The summed E-state index contributed by atoms with van der Waals surface area (Å²) < 4.78 is 5.77. The highest BCUT2D eigenvalue weighted by molar-refractivity contribution is 8.00. The summed E-state index contributed by atoms with van der Waals surface area (Å²) in [5.41, 5.74) is 5.07. The minimum absolute atomic E-state index is 0.250. The van der Waals surface area contributed by atoms with Gasteiger partial charge in [-0.2, -0.15) is 0 Å². The lowest BCUT2D eigenvalue weighted by atomic mass is 9.86. The van der Waals surface area contributed by atoms with Crippen molar-refractivity contribution in [2.75, 3.05) is 12.9 Å². The van der Waals surface area contributed by atoms with Gasteiger partial charge in [0.2, 0.25) is 0 Å². The maximum Gasteiger partial charge on any atom is 0.316 e. The molecule has 0 saturated carbocycles. The van der Waals surface area contributed by atoms with Crippen LogP contribution in [-0.2, 0) is 22.4 Å². The van der Waals surface area contributed by atoms with E-state index in [4.69, 9.17) is 9.72 Å². The number of thiophene rings is 1. The van der Waals surface area contributed by atoms with Crippen molar-refractivity contribution in [2.24, 2.45) is 0 Å². The Bertz CT molecular complexity index is 998. The molecule has 1 aliphatic carbocycles. The topological polar surface area (TPSA) is 65.0 Å². The minimum Gasteiger partial charge on any atom is -0.468 e. The number of carbonyl (C=O) groups is 1. The number of aromatic nitrogens is 3. The number of aryl methyl sites for hydroxylation is 1. The fourth-order valence-electron chi connectivity index (χ4n) is 3.63. The third kappa shape index (κ3) is 2.97. The van der Waals surface area contributed by atoms with Gasteiger partial charge in [0.15, 0.2) is 0 Å². The average Bonchev–Trinajstić information content (AvgIpc) is 3.04. The third-order valence-electron chi connectivity index (χ3n) is 4.82. The normalized spacial score (nSPS) is 14.2. The molecule has 3 aromatic rings. The summed E-state index contributed by atoms with van der Waals surface area (Å²) in [6.07, 6.45) is 6.25. The van der Waals surface area contributed by atoms with E-state index in [9.17, 15) is 4.79 Å². The van der Waals surface area contributed by atoms with Crippen LogP contribution in [0.2, 0.25) is 0 Å². The van der Waals surface area contributed by atoms with Crippen LogP contribution in [0.1, 0.15) is 49.4 Å². The first-order valence-corrected chi connectivity index (χ1v) is 10.7. The Morgan fingerprint density at radius 1 is 1.27 bits per heavy atom. The largest absolute Gasteiger partial charge is 0.468 e. The van der Waals surface area contributed by atoms with Crippen LogP contribution in [0.3, 0.4) is 0 Å². The van der Waals surface area contributed by atoms with Gasteiger partial charge in [0.05, 0.1) is 23.1 Å². The van der Waals surface area contributed by atoms with E-state index in [0.29, 0.717) is 5.92 Å². The molecule has 1 aliphatic rings. The smallest absolute Gasteiger partial charge is 0.316 e. The third-order valence-corrected chi connectivity index (χ3v) is 6.99. The first-order chi connectivity index (χ1) is 12.6. The highest BCUT2D eigenvalue weighted by Gasteiger charge is 2.24. The fourth-order valence-corrected chi connectivity index (χ4v) is 5.71. The molecule has 0 amide bonds. The molecule has 3 aromatic heterocycles. The van der Waals surface area contributed by atoms with Crippen LogP contribution in [0.5, 0.6) is 0 Å². The Labute approximate surface area is 160 Å². The van der Waals surface area contributed by atoms with Crippen molar-refractivity contribution in [1.29, 1.82) is 0 Å². The van der Waals surface area contributed by atoms with Crippen molar-refractivity contribution in [1.82, 2.24) is 15.0 Å². The quantitative estimate of drug-likeness (QED) is 0.373. The monoisotopic (exact) mass is 387 g/mol. The second-order valence-corrected chi connectivity index (χ2v) is 8.78. The number of nitrogens with zero attached hydrogens (tertiary/aromatic N) is 3. The van der Waals surface area contributed by atoms with E-state index in [1.807, 2.05) is 0 Å². The molecular formula is C19H21N3O2S2. The SMILES string of the molecule is COC(=O)CSc1ncnc2c1sc1nc(C(C)C)c3c(c12)CCCC3. The molecule has 0 aliphatic heterocycles. The van der Waals surface area contributed by atoms with Crippen molar-refractivity contribution < 1.29 is 9.53 Å². The van der Waals surface area contributed by atoms with Gasteiger partial charge >= 0.3 is 5.97 Å². The van der Waals surface area contributed by atoms with Gasteiger partial charge in [0.25, 0.3) is 0 Å². The lowest BCUT2D eigenvalue weighted by Gasteiger charge is -2.21. The number of thioether (sulfide) groups is 1. The molecule has 0 bridgehead atoms. The Morgan fingerprint density at radius 3 is 2.77 bits per heavy atom. The van der Waals surface area contributed by atoms with E-state index in [2.05, 4.69) is 23.8 Å². The number of hydrogen-bond donors (Lipinski definition) is 0. The van der Waals surface area contributed by atoms with Crippen molar-refractivity contribution in [3.63, 3.8) is 0 Å². The fraction of sp³-hybridized carbons (Fsp3) is 0.474. The minimum atomic E-state index is -0.250. The summed E-state index contributed by atoms with van der Waals surface area (Å²) in [6, 6.07) is 0. The second kappa shape index (κ2) is 7.12. The summed E-state index contributed by atoms with van der Waals surface area (Å²) in [5, 5.41) is 2.03. The van der Waals surface area contributed by atoms with Crippen LogP contribution < -0.4 is 0 Å². The summed E-state index contributed by atoms with van der Waals surface area (Å²) in [4.78, 5) is 26.6. The van der Waals surface area contributed by atoms with Gasteiger partial charge in [-0.25, -0.2) is 15.0 Å². The highest BCUT2D eigenvalue weighted by atomic mass is 32.2. The lowest BCUT2D eigenvalue weighted by molar-refractivity contribution is -0.137. The molecular weight excluding hydrogens is 366 g/mol. The van der Waals surface area contributed by atoms with Gasteiger partial charge in [0, 0.05) is 11.1 Å². The molecule has 136 valence electrons. The Balaban J connectivity index is 1.93. The van der Waals surface area contributed by atoms with Gasteiger partial charge < -0.3 is 4.74 Å². The number of carbonyl (C=O) groups excluding carboxylic acids is 1. The van der Waals surface area contributed by atoms with Crippen molar-refractivity contribution in [3.8, 4) is 0 Å². The Hall–Kier alpha value is -1.73. The molecule has 0 unspecified atom stereocenters. The maximum absolute atomic E-state index is 11.5. The van der Waals surface area contributed by atoms with E-state index in [1.54, 1.807) is 17.7 Å². The number of pyridine rings is 1. The number of esters is 1. The van der Waals surface area contributed by atoms with Gasteiger partial charge in [-0.15, -0.1) is 11.3 Å². The molecule has 7 heteroatoms. The maximum atomic E-state index is 11.5. The molecule has 5 nitrogen and oxygen atoms in total. The summed E-state index contributed by atoms with van der Waals surface area (Å²) in [7, 11) is 1.40. The molecule has 0 spiro atoms. The standard InChI is InChI=1S/C19H21N3O2S2/c1-10(2)15-12-7-5-4-6-11(12)14-16-17(26-18(14)22-15)19(21-9-20-16)25-8-13(23)24-3/h9-10H,4-8H2,1-3H3. The molecule has 4 rings (SSSR count). The average molecular weight is 388 g/mol. The summed E-state index contributed by atoms with van der Waals surface area (Å²) in [5.74, 6) is 0.413. The number of fused-ring (bicyclic) bond motifs is 5. The molecule has 0 N–H and O–H groups in total. The van der Waals surface area contributed by atoms with Crippen LogP contribution in [0, 0.1) is 0 Å².